The van der Waals surface area contributed by atoms with Crippen LogP contribution < -0.4 is 15.9 Å². The van der Waals surface area contributed by atoms with E-state index >= 15 is 0 Å². The van der Waals surface area contributed by atoms with Crippen LogP contribution in [0.3, 0.4) is 0 Å². The van der Waals surface area contributed by atoms with Crippen LogP contribution in [0.2, 0.25) is 0 Å². The van der Waals surface area contributed by atoms with Gasteiger partial charge in [-0.1, -0.05) is 12.1 Å². The number of quaternary nitrogens is 1. The number of hydrogen-bond donors (Lipinski definition) is 2. The van der Waals surface area contributed by atoms with Crippen LogP contribution >= 0.6 is 0 Å². The van der Waals surface area contributed by atoms with Crippen LogP contribution in [0.1, 0.15) is 36.4 Å². The smallest absolute Gasteiger partial charge is 0.260 e. The van der Waals surface area contributed by atoms with Gasteiger partial charge in [-0.05, 0) is 42.2 Å². The summed E-state index contributed by atoms with van der Waals surface area (Å²) in [5, 5.41) is 3.41. The Morgan fingerprint density at radius 1 is 1.23 bits per heavy atom. The van der Waals surface area contributed by atoms with Crippen LogP contribution in [0.4, 0.5) is 5.69 Å². The molecule has 7 heteroatoms. The number of rotatable bonds is 7. The van der Waals surface area contributed by atoms with Gasteiger partial charge in [-0.2, -0.15) is 5.84 Å². The van der Waals surface area contributed by atoms with E-state index in [-0.39, 0.29) is 18.6 Å². The van der Waals surface area contributed by atoms with E-state index in [0.29, 0.717) is 11.1 Å². The Morgan fingerprint density at radius 3 is 2.77 bits per heavy atom. The lowest BCUT2D eigenvalue weighted by molar-refractivity contribution is -0.930. The van der Waals surface area contributed by atoms with Crippen molar-refractivity contribution in [3.8, 4) is 5.75 Å². The summed E-state index contributed by atoms with van der Waals surface area (Å²) >= 11 is 0. The second-order valence-electron chi connectivity index (χ2n) is 8.47. The predicted molar refractivity (Wildman–Crippen MR) is 117 cm³/mol. The second-order valence-corrected chi connectivity index (χ2v) is 8.47. The Kier molecular flexibility index (Phi) is 6.20. The number of likely N-dealkylation sites (tertiary alicyclic amines) is 1. The molecule has 2 aliphatic heterocycles. The van der Waals surface area contributed by atoms with Gasteiger partial charge in [-0.25, -0.2) is 4.59 Å². The van der Waals surface area contributed by atoms with Crippen LogP contribution in [0, 0.1) is 0 Å². The molecule has 1 aromatic carbocycles. The number of carbonyl (C=O) groups excluding carboxylic acids is 1. The molecule has 0 aliphatic carbocycles. The molecule has 1 saturated heterocycles. The van der Waals surface area contributed by atoms with Crippen molar-refractivity contribution in [3.05, 3.63) is 53.9 Å². The first-order valence-electron chi connectivity index (χ1n) is 10.8. The van der Waals surface area contributed by atoms with Crippen molar-refractivity contribution in [1.82, 2.24) is 9.88 Å². The summed E-state index contributed by atoms with van der Waals surface area (Å²) in [6, 6.07) is 9.85. The fourth-order valence-electron chi connectivity index (χ4n) is 4.54. The molecule has 1 fully saturated rings. The van der Waals surface area contributed by atoms with Gasteiger partial charge >= 0.3 is 0 Å². The molecule has 3 N–H and O–H groups in total. The van der Waals surface area contributed by atoms with Gasteiger partial charge in [-0.3, -0.25) is 9.78 Å². The van der Waals surface area contributed by atoms with Crippen molar-refractivity contribution in [2.45, 2.75) is 31.7 Å². The van der Waals surface area contributed by atoms with Crippen molar-refractivity contribution in [3.63, 3.8) is 0 Å². The highest BCUT2D eigenvalue weighted by atomic mass is 16.5. The number of benzene rings is 1. The number of ether oxygens (including phenoxy) is 1. The number of carbonyl (C=O) groups is 1. The molecule has 160 valence electrons. The van der Waals surface area contributed by atoms with E-state index in [1.165, 1.54) is 5.56 Å². The number of likely N-dealkylation sites (N-methyl/N-ethyl adjacent to an activating group) is 1. The minimum absolute atomic E-state index is 0.000782. The minimum atomic E-state index is -0.116. The van der Waals surface area contributed by atoms with Crippen LogP contribution in [-0.2, 0) is 11.2 Å². The Hall–Kier alpha value is -2.64. The Labute approximate surface area is 178 Å². The average Bonchev–Trinajstić information content (AvgIpc) is 3.22. The number of hydrogen-bond acceptors (Lipinski definition) is 5. The number of aromatic nitrogens is 1. The third-order valence-electron chi connectivity index (χ3n) is 6.33. The molecule has 2 aliphatic rings. The van der Waals surface area contributed by atoms with E-state index < -0.39 is 0 Å². The lowest BCUT2D eigenvalue weighted by Gasteiger charge is -2.36. The Bertz CT molecular complexity index is 867. The quantitative estimate of drug-likeness (QED) is 0.542. The molecule has 7 nitrogen and oxygen atoms in total. The highest BCUT2D eigenvalue weighted by Gasteiger charge is 2.35. The Balaban J connectivity index is 1.47. The highest BCUT2D eigenvalue weighted by molar-refractivity contribution is 5.78. The number of anilines is 1. The number of fused-ring (bicyclic) bond motifs is 1. The zero-order chi connectivity index (χ0) is 21.0. The molecule has 0 bridgehead atoms. The van der Waals surface area contributed by atoms with Crippen molar-refractivity contribution in [2.24, 2.45) is 5.84 Å². The molecule has 4 rings (SSSR count). The van der Waals surface area contributed by atoms with E-state index in [9.17, 15) is 4.79 Å². The maximum atomic E-state index is 13.1. The maximum Gasteiger partial charge on any atom is 0.260 e. The summed E-state index contributed by atoms with van der Waals surface area (Å²) in [7, 11) is 1.84. The van der Waals surface area contributed by atoms with E-state index in [4.69, 9.17) is 10.6 Å². The monoisotopic (exact) mass is 410 g/mol. The number of aryl methyl sites for hydroxylation is 1. The van der Waals surface area contributed by atoms with Gasteiger partial charge < -0.3 is 15.0 Å². The fourth-order valence-corrected chi connectivity index (χ4v) is 4.54. The van der Waals surface area contributed by atoms with Crippen molar-refractivity contribution in [1.29, 1.82) is 0 Å². The number of nitrogens with one attached hydrogen (secondary N) is 1. The molecule has 0 saturated carbocycles. The molecular formula is C23H32N5O2+. The first-order valence-corrected chi connectivity index (χ1v) is 10.8. The van der Waals surface area contributed by atoms with E-state index in [0.717, 1.165) is 62.3 Å². The Morgan fingerprint density at radius 2 is 2.00 bits per heavy atom. The third-order valence-corrected chi connectivity index (χ3v) is 6.33. The maximum absolute atomic E-state index is 13.1. The van der Waals surface area contributed by atoms with E-state index in [1.807, 2.05) is 31.3 Å². The standard InChI is InChI=1S/C23H32N5O2/c1-27(20(18-9-12-25-13-10-18)16-28(24)14-2-3-15-28)22(29)17-30-21-8-4-6-19-7-5-11-26-23(19)21/h4,6,8-10,12-13,20,26H,2-3,5,7,11,14-17,24H2,1H3/q+1. The van der Waals surface area contributed by atoms with Crippen molar-refractivity contribution < 1.29 is 14.1 Å². The second kappa shape index (κ2) is 9.02. The summed E-state index contributed by atoms with van der Waals surface area (Å²) in [6.07, 6.45) is 7.95. The number of nitrogens with zero attached hydrogens (tertiary/aromatic N) is 3. The molecular weight excluding hydrogens is 378 g/mol. The van der Waals surface area contributed by atoms with Crippen LogP contribution in [-0.4, -0.2) is 60.2 Å². The van der Waals surface area contributed by atoms with Gasteiger partial charge in [0.1, 0.15) is 18.3 Å². The first-order chi connectivity index (χ1) is 14.6. The van der Waals surface area contributed by atoms with Gasteiger partial charge in [-0.15, -0.1) is 0 Å². The molecule has 3 heterocycles. The van der Waals surface area contributed by atoms with E-state index in [2.05, 4.69) is 16.4 Å². The molecule has 0 radical (unpaired) electrons. The van der Waals surface area contributed by atoms with Gasteiger partial charge in [0, 0.05) is 38.8 Å². The molecule has 0 spiro atoms. The number of amides is 1. The largest absolute Gasteiger partial charge is 0.482 e. The van der Waals surface area contributed by atoms with Crippen molar-refractivity contribution >= 4 is 11.6 Å². The summed E-state index contributed by atoms with van der Waals surface area (Å²) in [6.45, 7) is 3.51. The van der Waals surface area contributed by atoms with Crippen LogP contribution in [0.25, 0.3) is 0 Å². The minimum Gasteiger partial charge on any atom is -0.482 e. The van der Waals surface area contributed by atoms with Gasteiger partial charge in [0.05, 0.1) is 18.8 Å². The topological polar surface area (TPSA) is 80.5 Å². The fraction of sp³-hybridized carbons (Fsp3) is 0.478. The lowest BCUT2D eigenvalue weighted by atomic mass is 10.0. The molecule has 1 unspecified atom stereocenters. The summed E-state index contributed by atoms with van der Waals surface area (Å²) < 4.78 is 6.47. The lowest BCUT2D eigenvalue weighted by Crippen LogP contribution is -2.56. The normalized spacial score (nSPS) is 18.2. The zero-order valence-electron chi connectivity index (χ0n) is 17.7. The SMILES string of the molecule is CN(C(=O)COc1cccc2c1NCCC2)C(C[N+]1(N)CCCC1)c1ccncc1. The van der Waals surface area contributed by atoms with Crippen LogP contribution in [0.15, 0.2) is 42.7 Å². The van der Waals surface area contributed by atoms with E-state index in [1.54, 1.807) is 17.3 Å². The summed E-state index contributed by atoms with van der Waals surface area (Å²) in [5.74, 6) is 7.31. The molecule has 2 aromatic rings. The number of nitrogens with two attached hydrogens (primary N) is 1. The molecule has 1 aromatic heterocycles. The van der Waals surface area contributed by atoms with Gasteiger partial charge in [0.15, 0.2) is 6.61 Å². The third kappa shape index (κ3) is 4.57. The zero-order valence-corrected chi connectivity index (χ0v) is 17.7. The van der Waals surface area contributed by atoms with Crippen LogP contribution in [0.5, 0.6) is 5.75 Å². The predicted octanol–water partition coefficient (Wildman–Crippen LogP) is 2.50. The van der Waals surface area contributed by atoms with Gasteiger partial charge in [0.25, 0.3) is 5.91 Å². The number of para-hydroxylation sites is 1. The highest BCUT2D eigenvalue weighted by Crippen LogP contribution is 2.32. The molecule has 1 atom stereocenters. The molecule has 30 heavy (non-hydrogen) atoms. The first kappa shape index (κ1) is 20.6. The summed E-state index contributed by atoms with van der Waals surface area (Å²) in [5.41, 5.74) is 3.32. The average molecular weight is 411 g/mol. The number of pyridine rings is 1. The summed E-state index contributed by atoms with van der Waals surface area (Å²) in [4.78, 5) is 19.0. The van der Waals surface area contributed by atoms with Gasteiger partial charge in [0.2, 0.25) is 0 Å². The molecule has 1 amide bonds. The van der Waals surface area contributed by atoms with Crippen molar-refractivity contribution in [2.75, 3.05) is 45.2 Å².